The standard InChI is InChI=1S/C14H23N3O2S/c1-17(2)14(19)11-4-5-12(15)13(10-11)16-6-9-20-8-3-7-18/h4-5,10,16,18H,3,6-9,15H2,1-2H3. The number of benzene rings is 1. The SMILES string of the molecule is CN(C)C(=O)c1ccc(N)c(NCCSCCCO)c1. The lowest BCUT2D eigenvalue weighted by atomic mass is 10.1. The van der Waals surface area contributed by atoms with Crippen molar-refractivity contribution in [3.05, 3.63) is 23.8 Å². The van der Waals surface area contributed by atoms with Gasteiger partial charge in [0.15, 0.2) is 0 Å². The number of carbonyl (C=O) groups excluding carboxylic acids is 1. The Morgan fingerprint density at radius 3 is 2.80 bits per heavy atom. The minimum atomic E-state index is -0.0367. The van der Waals surface area contributed by atoms with Gasteiger partial charge in [-0.2, -0.15) is 11.8 Å². The number of nitrogens with one attached hydrogen (secondary N) is 1. The highest BCUT2D eigenvalue weighted by Crippen LogP contribution is 2.20. The van der Waals surface area contributed by atoms with Crippen LogP contribution in [0.5, 0.6) is 0 Å². The molecule has 1 aromatic carbocycles. The van der Waals surface area contributed by atoms with Gasteiger partial charge in [0.1, 0.15) is 0 Å². The maximum atomic E-state index is 11.9. The van der Waals surface area contributed by atoms with Gasteiger partial charge in [0.2, 0.25) is 0 Å². The quantitative estimate of drug-likeness (QED) is 0.500. The van der Waals surface area contributed by atoms with E-state index in [9.17, 15) is 4.79 Å². The van der Waals surface area contributed by atoms with Crippen LogP contribution in [0.3, 0.4) is 0 Å². The molecule has 112 valence electrons. The van der Waals surface area contributed by atoms with Crippen molar-refractivity contribution >= 4 is 29.0 Å². The highest BCUT2D eigenvalue weighted by Gasteiger charge is 2.09. The Morgan fingerprint density at radius 1 is 1.40 bits per heavy atom. The number of aliphatic hydroxyl groups is 1. The number of nitrogens with zero attached hydrogens (tertiary/aromatic N) is 1. The summed E-state index contributed by atoms with van der Waals surface area (Å²) in [6, 6.07) is 5.27. The molecule has 0 saturated carbocycles. The van der Waals surface area contributed by atoms with Gasteiger partial charge in [0.05, 0.1) is 11.4 Å². The number of carbonyl (C=O) groups is 1. The Bertz CT molecular complexity index is 438. The van der Waals surface area contributed by atoms with Crippen molar-refractivity contribution in [2.24, 2.45) is 0 Å². The predicted octanol–water partition coefficient (Wildman–Crippen LogP) is 1.50. The first-order valence-electron chi connectivity index (χ1n) is 6.60. The molecule has 0 atom stereocenters. The second-order valence-corrected chi connectivity index (χ2v) is 5.84. The number of nitrogen functional groups attached to an aromatic ring is 1. The predicted molar refractivity (Wildman–Crippen MR) is 86.4 cm³/mol. The molecule has 0 aliphatic rings. The summed E-state index contributed by atoms with van der Waals surface area (Å²) in [5, 5.41) is 11.9. The van der Waals surface area contributed by atoms with Gasteiger partial charge in [-0.05, 0) is 30.4 Å². The Labute approximate surface area is 124 Å². The van der Waals surface area contributed by atoms with Crippen molar-refractivity contribution in [2.45, 2.75) is 6.42 Å². The number of aliphatic hydroxyl groups excluding tert-OH is 1. The molecule has 0 spiro atoms. The van der Waals surface area contributed by atoms with Crippen molar-refractivity contribution in [2.75, 3.05) is 49.8 Å². The number of amides is 1. The third-order valence-corrected chi connectivity index (χ3v) is 3.79. The van der Waals surface area contributed by atoms with Crippen LogP contribution in [-0.2, 0) is 0 Å². The normalized spacial score (nSPS) is 10.3. The Morgan fingerprint density at radius 2 is 2.15 bits per heavy atom. The summed E-state index contributed by atoms with van der Waals surface area (Å²) in [5.74, 6) is 1.85. The van der Waals surface area contributed by atoms with Crippen LogP contribution in [-0.4, -0.2) is 54.7 Å². The van der Waals surface area contributed by atoms with Crippen LogP contribution in [0, 0.1) is 0 Å². The van der Waals surface area contributed by atoms with Gasteiger partial charge in [-0.1, -0.05) is 0 Å². The lowest BCUT2D eigenvalue weighted by molar-refractivity contribution is 0.0827. The van der Waals surface area contributed by atoms with E-state index in [-0.39, 0.29) is 12.5 Å². The van der Waals surface area contributed by atoms with Crippen LogP contribution >= 0.6 is 11.8 Å². The summed E-state index contributed by atoms with van der Waals surface area (Å²) in [7, 11) is 3.45. The van der Waals surface area contributed by atoms with Crippen LogP contribution in [0.2, 0.25) is 0 Å². The van der Waals surface area contributed by atoms with E-state index in [4.69, 9.17) is 10.8 Å². The highest BCUT2D eigenvalue weighted by atomic mass is 32.2. The summed E-state index contributed by atoms with van der Waals surface area (Å²) < 4.78 is 0. The van der Waals surface area contributed by atoms with E-state index in [2.05, 4.69) is 5.32 Å². The van der Waals surface area contributed by atoms with Gasteiger partial charge in [-0.25, -0.2) is 0 Å². The Hall–Kier alpha value is -1.40. The van der Waals surface area contributed by atoms with Gasteiger partial charge in [-0.15, -0.1) is 0 Å². The molecule has 0 aliphatic heterocycles. The number of rotatable bonds is 8. The van der Waals surface area contributed by atoms with E-state index in [0.29, 0.717) is 11.3 Å². The van der Waals surface area contributed by atoms with E-state index in [1.54, 1.807) is 49.0 Å². The molecule has 0 unspecified atom stereocenters. The molecular weight excluding hydrogens is 274 g/mol. The summed E-state index contributed by atoms with van der Waals surface area (Å²) in [6.07, 6.45) is 0.819. The molecule has 0 bridgehead atoms. The molecule has 1 amide bonds. The van der Waals surface area contributed by atoms with Crippen LogP contribution in [0.4, 0.5) is 11.4 Å². The molecule has 4 N–H and O–H groups in total. The average molecular weight is 297 g/mol. The van der Waals surface area contributed by atoms with E-state index in [1.165, 1.54) is 0 Å². The zero-order valence-electron chi connectivity index (χ0n) is 12.1. The molecule has 20 heavy (non-hydrogen) atoms. The maximum absolute atomic E-state index is 11.9. The Kier molecular flexibility index (Phi) is 7.25. The fourth-order valence-corrected chi connectivity index (χ4v) is 2.41. The number of anilines is 2. The lowest BCUT2D eigenvalue weighted by Crippen LogP contribution is -2.22. The molecule has 6 heteroatoms. The average Bonchev–Trinajstić information content (AvgIpc) is 2.43. The van der Waals surface area contributed by atoms with Gasteiger partial charge in [-0.3, -0.25) is 4.79 Å². The zero-order chi connectivity index (χ0) is 15.0. The number of hydrogen-bond acceptors (Lipinski definition) is 5. The fourth-order valence-electron chi connectivity index (χ4n) is 1.63. The molecule has 0 aliphatic carbocycles. The largest absolute Gasteiger partial charge is 0.397 e. The molecule has 5 nitrogen and oxygen atoms in total. The first kappa shape index (κ1) is 16.7. The summed E-state index contributed by atoms with van der Waals surface area (Å²) in [4.78, 5) is 13.4. The minimum absolute atomic E-state index is 0.0367. The molecule has 1 aromatic rings. The number of thioether (sulfide) groups is 1. The van der Waals surface area contributed by atoms with Crippen LogP contribution in [0.25, 0.3) is 0 Å². The van der Waals surface area contributed by atoms with Crippen molar-refractivity contribution in [1.29, 1.82) is 0 Å². The molecule has 0 fully saturated rings. The van der Waals surface area contributed by atoms with Gasteiger partial charge in [0, 0.05) is 38.6 Å². The first-order chi connectivity index (χ1) is 9.56. The van der Waals surface area contributed by atoms with E-state index in [0.717, 1.165) is 30.2 Å². The summed E-state index contributed by atoms with van der Waals surface area (Å²) in [6.45, 7) is 1.02. The lowest BCUT2D eigenvalue weighted by Gasteiger charge is -2.14. The van der Waals surface area contributed by atoms with Gasteiger partial charge in [0.25, 0.3) is 5.91 Å². The van der Waals surface area contributed by atoms with Gasteiger partial charge >= 0.3 is 0 Å². The van der Waals surface area contributed by atoms with Crippen molar-refractivity contribution in [1.82, 2.24) is 4.90 Å². The van der Waals surface area contributed by atoms with Crippen molar-refractivity contribution in [3.63, 3.8) is 0 Å². The van der Waals surface area contributed by atoms with Gasteiger partial charge < -0.3 is 21.1 Å². The number of hydrogen-bond donors (Lipinski definition) is 3. The fraction of sp³-hybridized carbons (Fsp3) is 0.500. The second kappa shape index (κ2) is 8.71. The molecule has 0 radical (unpaired) electrons. The summed E-state index contributed by atoms with van der Waals surface area (Å²) in [5.41, 5.74) is 7.96. The third kappa shape index (κ3) is 5.30. The molecular formula is C14H23N3O2S. The zero-order valence-corrected chi connectivity index (χ0v) is 12.9. The Balaban J connectivity index is 2.52. The smallest absolute Gasteiger partial charge is 0.253 e. The molecule has 0 heterocycles. The minimum Gasteiger partial charge on any atom is -0.397 e. The second-order valence-electron chi connectivity index (χ2n) is 4.62. The van der Waals surface area contributed by atoms with E-state index >= 15 is 0 Å². The highest BCUT2D eigenvalue weighted by molar-refractivity contribution is 7.99. The molecule has 0 saturated heterocycles. The van der Waals surface area contributed by atoms with Crippen LogP contribution < -0.4 is 11.1 Å². The topological polar surface area (TPSA) is 78.6 Å². The van der Waals surface area contributed by atoms with Crippen LogP contribution in [0.15, 0.2) is 18.2 Å². The van der Waals surface area contributed by atoms with E-state index in [1.807, 2.05) is 0 Å². The number of nitrogens with two attached hydrogens (primary N) is 1. The van der Waals surface area contributed by atoms with Crippen molar-refractivity contribution < 1.29 is 9.90 Å². The third-order valence-electron chi connectivity index (χ3n) is 2.72. The molecule has 1 rings (SSSR count). The monoisotopic (exact) mass is 297 g/mol. The van der Waals surface area contributed by atoms with Crippen LogP contribution in [0.1, 0.15) is 16.8 Å². The maximum Gasteiger partial charge on any atom is 0.253 e. The first-order valence-corrected chi connectivity index (χ1v) is 7.75. The van der Waals surface area contributed by atoms with E-state index < -0.39 is 0 Å². The van der Waals surface area contributed by atoms with Crippen molar-refractivity contribution in [3.8, 4) is 0 Å². The molecule has 0 aromatic heterocycles. The summed E-state index contributed by atoms with van der Waals surface area (Å²) >= 11 is 1.78.